The molecule has 1 N–H and O–H groups in total. The number of ketones is 1. The number of methoxy groups -OCH3 is 1. The Morgan fingerprint density at radius 1 is 0.971 bits per heavy atom. The number of nitrogens with zero attached hydrogens (tertiary/aromatic N) is 2. The number of rotatable bonds is 4. The van der Waals surface area contributed by atoms with Gasteiger partial charge in [-0.25, -0.2) is 0 Å². The zero-order chi connectivity index (χ0) is 23.8. The van der Waals surface area contributed by atoms with E-state index in [2.05, 4.69) is 4.98 Å². The van der Waals surface area contributed by atoms with Crippen LogP contribution in [0.2, 0.25) is 0 Å². The Bertz CT molecular complexity index is 1450. The van der Waals surface area contributed by atoms with E-state index >= 15 is 0 Å². The number of hydrogen-bond acceptors (Lipinski definition) is 5. The first-order valence-electron chi connectivity index (χ1n) is 10.9. The molecule has 0 spiro atoms. The number of anilines is 1. The van der Waals surface area contributed by atoms with E-state index in [1.807, 2.05) is 43.3 Å². The molecule has 6 heteroatoms. The molecule has 0 saturated carbocycles. The summed E-state index contributed by atoms with van der Waals surface area (Å²) < 4.78 is 5.31. The molecule has 0 aliphatic carbocycles. The zero-order valence-corrected chi connectivity index (χ0v) is 18.7. The fourth-order valence-corrected chi connectivity index (χ4v) is 4.50. The first-order chi connectivity index (χ1) is 16.5. The van der Waals surface area contributed by atoms with Crippen LogP contribution in [0, 0.1) is 6.92 Å². The van der Waals surface area contributed by atoms with E-state index < -0.39 is 17.7 Å². The van der Waals surface area contributed by atoms with Gasteiger partial charge in [-0.05, 0) is 54.3 Å². The van der Waals surface area contributed by atoms with Gasteiger partial charge in [0.1, 0.15) is 17.6 Å². The number of fused-ring (bicyclic) bond motifs is 1. The number of benzene rings is 3. The Morgan fingerprint density at radius 2 is 1.74 bits per heavy atom. The summed E-state index contributed by atoms with van der Waals surface area (Å²) in [5, 5.41) is 13.1. The molecular formula is C28H22N2O4. The summed E-state index contributed by atoms with van der Waals surface area (Å²) in [7, 11) is 1.57. The van der Waals surface area contributed by atoms with Crippen molar-refractivity contribution >= 4 is 33.9 Å². The number of hydrogen-bond donors (Lipinski definition) is 1. The van der Waals surface area contributed by atoms with Gasteiger partial charge in [0, 0.05) is 17.1 Å². The number of carbonyl (C=O) groups excluding carboxylic acids is 2. The highest BCUT2D eigenvalue weighted by Gasteiger charge is 2.48. The number of aryl methyl sites for hydroxylation is 1. The van der Waals surface area contributed by atoms with E-state index in [9.17, 15) is 14.7 Å². The lowest BCUT2D eigenvalue weighted by molar-refractivity contribution is -0.132. The number of aliphatic hydroxyl groups excluding tert-OH is 1. The van der Waals surface area contributed by atoms with Gasteiger partial charge in [-0.2, -0.15) is 0 Å². The number of Topliss-reactive ketones (excluding diaryl/α,β-unsaturated/α-hetero) is 1. The molecular weight excluding hydrogens is 428 g/mol. The van der Waals surface area contributed by atoms with Crippen molar-refractivity contribution in [3.05, 3.63) is 107 Å². The molecule has 1 fully saturated rings. The van der Waals surface area contributed by atoms with Gasteiger partial charge < -0.3 is 9.84 Å². The van der Waals surface area contributed by atoms with E-state index in [1.54, 1.807) is 55.8 Å². The minimum atomic E-state index is -0.880. The molecule has 4 aromatic rings. The lowest BCUT2D eigenvalue weighted by Gasteiger charge is -2.25. The molecule has 1 amide bonds. The number of amides is 1. The van der Waals surface area contributed by atoms with Gasteiger partial charge in [0.25, 0.3) is 11.7 Å². The Morgan fingerprint density at radius 3 is 2.47 bits per heavy atom. The van der Waals surface area contributed by atoms with Crippen LogP contribution < -0.4 is 9.64 Å². The second kappa shape index (κ2) is 8.48. The summed E-state index contributed by atoms with van der Waals surface area (Å²) in [6, 6.07) is 22.8. The monoisotopic (exact) mass is 450 g/mol. The molecule has 1 aliphatic rings. The van der Waals surface area contributed by atoms with Gasteiger partial charge in [0.05, 0.1) is 24.1 Å². The molecule has 34 heavy (non-hydrogen) atoms. The molecule has 1 saturated heterocycles. The summed E-state index contributed by atoms with van der Waals surface area (Å²) >= 11 is 0. The lowest BCUT2D eigenvalue weighted by atomic mass is 9.97. The minimum absolute atomic E-state index is 0.00111. The number of carbonyl (C=O) groups is 2. The van der Waals surface area contributed by atoms with Gasteiger partial charge in [-0.3, -0.25) is 19.5 Å². The highest BCUT2D eigenvalue weighted by Crippen LogP contribution is 2.43. The molecule has 1 aliphatic heterocycles. The Balaban J connectivity index is 1.76. The predicted molar refractivity (Wildman–Crippen MR) is 131 cm³/mol. The van der Waals surface area contributed by atoms with Gasteiger partial charge >= 0.3 is 0 Å². The van der Waals surface area contributed by atoms with E-state index in [-0.39, 0.29) is 11.3 Å². The summed E-state index contributed by atoms with van der Waals surface area (Å²) in [5.74, 6) is -1.05. The standard InChI is InChI=1S/C28H22N2O4/c1-17-16-19(13-14-23(17)34-2)26(31)24-25(21-11-5-6-15-29-21)30(28(33)27(24)32)22-12-7-9-18-8-3-4-10-20(18)22/h3-16,25,31H,1-2H3/b26-24+. The fourth-order valence-electron chi connectivity index (χ4n) is 4.50. The number of ether oxygens (including phenoxy) is 1. The van der Waals surface area contributed by atoms with Crippen LogP contribution in [-0.2, 0) is 9.59 Å². The van der Waals surface area contributed by atoms with Crippen molar-refractivity contribution in [3.63, 3.8) is 0 Å². The maximum atomic E-state index is 13.4. The van der Waals surface area contributed by atoms with Crippen LogP contribution in [0.1, 0.15) is 22.9 Å². The van der Waals surface area contributed by atoms with Crippen molar-refractivity contribution in [1.82, 2.24) is 4.98 Å². The van der Waals surface area contributed by atoms with Crippen molar-refractivity contribution < 1.29 is 19.4 Å². The molecule has 1 unspecified atom stereocenters. The summed E-state index contributed by atoms with van der Waals surface area (Å²) in [6.07, 6.45) is 1.61. The van der Waals surface area contributed by atoms with Gasteiger partial charge in [-0.15, -0.1) is 0 Å². The van der Waals surface area contributed by atoms with Gasteiger partial charge in [0.2, 0.25) is 0 Å². The van der Waals surface area contributed by atoms with E-state index in [4.69, 9.17) is 4.74 Å². The van der Waals surface area contributed by atoms with Crippen molar-refractivity contribution in [2.24, 2.45) is 0 Å². The van der Waals surface area contributed by atoms with E-state index in [0.717, 1.165) is 16.3 Å². The van der Waals surface area contributed by atoms with Crippen LogP contribution in [0.3, 0.4) is 0 Å². The minimum Gasteiger partial charge on any atom is -0.507 e. The second-order valence-corrected chi connectivity index (χ2v) is 8.11. The average molecular weight is 450 g/mol. The summed E-state index contributed by atoms with van der Waals surface area (Å²) in [4.78, 5) is 32.7. The first-order valence-corrected chi connectivity index (χ1v) is 10.9. The highest BCUT2D eigenvalue weighted by atomic mass is 16.5. The van der Waals surface area contributed by atoms with E-state index in [0.29, 0.717) is 22.7 Å². The molecule has 1 aromatic heterocycles. The van der Waals surface area contributed by atoms with Crippen LogP contribution >= 0.6 is 0 Å². The SMILES string of the molecule is COc1ccc(/C(O)=C2\C(=O)C(=O)N(c3cccc4ccccc34)C2c2ccccn2)cc1C. The molecule has 168 valence electrons. The Hall–Kier alpha value is -4.45. The molecule has 6 nitrogen and oxygen atoms in total. The van der Waals surface area contributed by atoms with Crippen LogP contribution in [0.15, 0.2) is 90.6 Å². The average Bonchev–Trinajstić information content (AvgIpc) is 3.14. The fraction of sp³-hybridized carbons (Fsp3) is 0.107. The molecule has 0 bridgehead atoms. The number of aliphatic hydroxyl groups is 1. The zero-order valence-electron chi connectivity index (χ0n) is 18.7. The quantitative estimate of drug-likeness (QED) is 0.263. The summed E-state index contributed by atoms with van der Waals surface area (Å²) in [5.41, 5.74) is 2.29. The van der Waals surface area contributed by atoms with Crippen LogP contribution in [0.25, 0.3) is 16.5 Å². The molecule has 0 radical (unpaired) electrons. The van der Waals surface area contributed by atoms with Gasteiger partial charge in [-0.1, -0.05) is 42.5 Å². The normalized spacial score (nSPS) is 17.4. The third kappa shape index (κ3) is 3.40. The maximum Gasteiger partial charge on any atom is 0.300 e. The Labute approximate surface area is 196 Å². The van der Waals surface area contributed by atoms with Crippen LogP contribution in [0.5, 0.6) is 5.75 Å². The lowest BCUT2D eigenvalue weighted by Crippen LogP contribution is -2.30. The maximum absolute atomic E-state index is 13.4. The molecule has 3 aromatic carbocycles. The predicted octanol–water partition coefficient (Wildman–Crippen LogP) is 5.18. The smallest absolute Gasteiger partial charge is 0.300 e. The number of pyridine rings is 1. The van der Waals surface area contributed by atoms with E-state index in [1.165, 1.54) is 4.90 Å². The van der Waals surface area contributed by atoms with Crippen LogP contribution in [-0.4, -0.2) is 28.9 Å². The van der Waals surface area contributed by atoms with Crippen molar-refractivity contribution in [1.29, 1.82) is 0 Å². The highest BCUT2D eigenvalue weighted by molar-refractivity contribution is 6.52. The van der Waals surface area contributed by atoms with Crippen molar-refractivity contribution in [3.8, 4) is 5.75 Å². The number of aromatic nitrogens is 1. The largest absolute Gasteiger partial charge is 0.507 e. The summed E-state index contributed by atoms with van der Waals surface area (Å²) in [6.45, 7) is 1.85. The Kier molecular flexibility index (Phi) is 5.34. The third-order valence-corrected chi connectivity index (χ3v) is 6.11. The van der Waals surface area contributed by atoms with Crippen LogP contribution in [0.4, 0.5) is 5.69 Å². The first kappa shape index (κ1) is 21.4. The van der Waals surface area contributed by atoms with Gasteiger partial charge in [0.15, 0.2) is 0 Å². The second-order valence-electron chi connectivity index (χ2n) is 8.11. The topological polar surface area (TPSA) is 79.7 Å². The molecule has 2 heterocycles. The third-order valence-electron chi connectivity index (χ3n) is 6.11. The van der Waals surface area contributed by atoms with Crippen molar-refractivity contribution in [2.45, 2.75) is 13.0 Å². The van der Waals surface area contributed by atoms with Crippen molar-refractivity contribution in [2.75, 3.05) is 12.0 Å². The molecule has 1 atom stereocenters. The molecule has 5 rings (SSSR count).